The largest absolute Gasteiger partial charge is 0.481 e. The fourth-order valence-corrected chi connectivity index (χ4v) is 3.21. The molecule has 0 aromatic heterocycles. The molecule has 28 heavy (non-hydrogen) atoms. The second-order valence-corrected chi connectivity index (χ2v) is 7.75. The minimum atomic E-state index is -0.814. The van der Waals surface area contributed by atoms with Crippen LogP contribution in [0.2, 0.25) is 0 Å². The number of rotatable bonds is 15. The average molecular weight is 393 g/mol. The van der Waals surface area contributed by atoms with Crippen LogP contribution >= 0.6 is 0 Å². The predicted molar refractivity (Wildman–Crippen MR) is 112 cm³/mol. The summed E-state index contributed by atoms with van der Waals surface area (Å²) in [7, 11) is 0. The van der Waals surface area contributed by atoms with E-state index >= 15 is 0 Å². The third-order valence-corrected chi connectivity index (χ3v) is 5.20. The lowest BCUT2D eigenvalue weighted by Crippen LogP contribution is -2.37. The third-order valence-electron chi connectivity index (χ3n) is 5.20. The Hall–Kier alpha value is -1.92. The van der Waals surface area contributed by atoms with E-state index in [0.717, 1.165) is 51.0 Å². The molecule has 0 bridgehead atoms. The average Bonchev–Trinajstić information content (AvgIpc) is 2.63. The van der Waals surface area contributed by atoms with E-state index in [1.807, 2.05) is 29.2 Å². The molecule has 0 saturated heterocycles. The van der Waals surface area contributed by atoms with Crippen molar-refractivity contribution in [3.05, 3.63) is 35.4 Å². The summed E-state index contributed by atoms with van der Waals surface area (Å²) in [6.07, 6.45) is 3.02. The van der Waals surface area contributed by atoms with Crippen LogP contribution in [-0.4, -0.2) is 59.8 Å². The molecule has 1 rings (SSSR count). The molecule has 1 aromatic rings. The molecule has 6 heteroatoms. The molecule has 0 aliphatic heterocycles. The molecule has 6 nitrogen and oxygen atoms in total. The zero-order valence-electron chi connectivity index (χ0n) is 17.5. The Morgan fingerprint density at radius 2 is 1.61 bits per heavy atom. The Kier molecular flexibility index (Phi) is 11.4. The van der Waals surface area contributed by atoms with Crippen LogP contribution in [0.3, 0.4) is 0 Å². The van der Waals surface area contributed by atoms with Crippen molar-refractivity contribution in [2.75, 3.05) is 32.7 Å². The maximum Gasteiger partial charge on any atom is 0.317 e. The molecule has 0 radical (unpaired) electrons. The van der Waals surface area contributed by atoms with Crippen molar-refractivity contribution >= 4 is 11.9 Å². The normalized spacial score (nSPS) is 13.4. The lowest BCUT2D eigenvalue weighted by molar-refractivity contribution is -0.138. The molecule has 0 heterocycles. The van der Waals surface area contributed by atoms with Gasteiger partial charge in [0.2, 0.25) is 0 Å². The van der Waals surface area contributed by atoms with Gasteiger partial charge < -0.3 is 15.5 Å². The highest BCUT2D eigenvalue weighted by Crippen LogP contribution is 2.21. The molecule has 158 valence electrons. The predicted octanol–water partition coefficient (Wildman–Crippen LogP) is 2.90. The van der Waals surface area contributed by atoms with Crippen molar-refractivity contribution in [1.29, 1.82) is 0 Å². The van der Waals surface area contributed by atoms with E-state index in [2.05, 4.69) is 26.1 Å². The van der Waals surface area contributed by atoms with E-state index < -0.39 is 11.9 Å². The van der Waals surface area contributed by atoms with Gasteiger partial charge in [0, 0.05) is 13.1 Å². The van der Waals surface area contributed by atoms with Gasteiger partial charge in [-0.3, -0.25) is 14.5 Å². The Balaban J connectivity index is 2.46. The van der Waals surface area contributed by atoms with Gasteiger partial charge in [-0.2, -0.15) is 0 Å². The van der Waals surface area contributed by atoms with Crippen LogP contribution in [0.1, 0.15) is 44.7 Å². The molecule has 2 atom stereocenters. The summed E-state index contributed by atoms with van der Waals surface area (Å²) in [5.41, 5.74) is 2.03. The van der Waals surface area contributed by atoms with Gasteiger partial charge >= 0.3 is 11.9 Å². The van der Waals surface area contributed by atoms with Crippen LogP contribution in [0.25, 0.3) is 0 Å². The number of hydrogen-bond acceptors (Lipinski definition) is 4. The maximum atomic E-state index is 11.1. The fraction of sp³-hybridized carbons (Fsp3) is 0.636. The van der Waals surface area contributed by atoms with E-state index in [-0.39, 0.29) is 13.0 Å². The summed E-state index contributed by atoms with van der Waals surface area (Å²) in [5.74, 6) is -0.656. The van der Waals surface area contributed by atoms with Gasteiger partial charge in [0.05, 0.1) is 13.0 Å². The van der Waals surface area contributed by atoms with E-state index in [9.17, 15) is 9.59 Å². The molecule has 0 aliphatic carbocycles. The first kappa shape index (κ1) is 24.1. The molecule has 0 fully saturated rings. The van der Waals surface area contributed by atoms with Crippen molar-refractivity contribution in [3.8, 4) is 0 Å². The number of aliphatic carboxylic acids is 2. The molecular formula is C22H36N2O4. The van der Waals surface area contributed by atoms with Crippen LogP contribution in [-0.2, 0) is 22.4 Å². The molecule has 3 N–H and O–H groups in total. The smallest absolute Gasteiger partial charge is 0.317 e. The lowest BCUT2D eigenvalue weighted by atomic mass is 9.87. The number of nitrogens with zero attached hydrogens (tertiary/aromatic N) is 1. The second-order valence-electron chi connectivity index (χ2n) is 7.75. The summed E-state index contributed by atoms with van der Waals surface area (Å²) in [6.45, 7) is 9.94. The molecule has 0 spiro atoms. The second kappa shape index (κ2) is 13.3. The number of nitrogens with one attached hydrogen (secondary N) is 1. The molecule has 0 amide bonds. The zero-order valence-corrected chi connectivity index (χ0v) is 17.5. The number of hydrogen-bond donors (Lipinski definition) is 3. The maximum absolute atomic E-state index is 11.1. The Morgan fingerprint density at radius 1 is 0.964 bits per heavy atom. The first-order valence-electron chi connectivity index (χ1n) is 10.3. The SMILES string of the molecule is CCCNCCN(CCC(C)C(C)Cc1ccc(CC(=O)O)cc1)CC(=O)O. The highest BCUT2D eigenvalue weighted by atomic mass is 16.4. The quantitative estimate of drug-likeness (QED) is 0.398. The molecule has 0 aliphatic rings. The van der Waals surface area contributed by atoms with Gasteiger partial charge in [0.25, 0.3) is 0 Å². The van der Waals surface area contributed by atoms with Crippen molar-refractivity contribution in [2.45, 2.75) is 46.5 Å². The number of carboxylic acid groups (broad SMARTS) is 2. The summed E-state index contributed by atoms with van der Waals surface area (Å²) in [5, 5.41) is 21.3. The number of carbonyl (C=O) groups is 2. The Morgan fingerprint density at radius 3 is 2.18 bits per heavy atom. The van der Waals surface area contributed by atoms with Gasteiger partial charge in [-0.1, -0.05) is 45.0 Å². The van der Waals surface area contributed by atoms with Gasteiger partial charge in [-0.15, -0.1) is 0 Å². The van der Waals surface area contributed by atoms with E-state index in [0.29, 0.717) is 11.8 Å². The minimum Gasteiger partial charge on any atom is -0.481 e. The molecule has 1 aromatic carbocycles. The first-order valence-corrected chi connectivity index (χ1v) is 10.3. The highest BCUT2D eigenvalue weighted by molar-refractivity contribution is 5.70. The molecule has 2 unspecified atom stereocenters. The van der Waals surface area contributed by atoms with Crippen LogP contribution in [0.15, 0.2) is 24.3 Å². The standard InChI is InChI=1S/C22H36N2O4/c1-4-10-23-11-13-24(16-22(27)28)12-9-17(2)18(3)14-19-5-7-20(8-6-19)15-21(25)26/h5-8,17-18,23H,4,9-16H2,1-3H3,(H,25,26)(H,27,28). The first-order chi connectivity index (χ1) is 13.3. The molecular weight excluding hydrogens is 356 g/mol. The third kappa shape index (κ3) is 10.4. The van der Waals surface area contributed by atoms with Crippen LogP contribution in [0, 0.1) is 11.8 Å². The summed E-state index contributed by atoms with van der Waals surface area (Å²) in [4.78, 5) is 23.9. The molecule has 0 saturated carbocycles. The fourth-order valence-electron chi connectivity index (χ4n) is 3.21. The Labute approximate surface area is 168 Å². The van der Waals surface area contributed by atoms with Gasteiger partial charge in [0.1, 0.15) is 0 Å². The Bertz CT molecular complexity index is 589. The minimum absolute atomic E-state index is 0.0543. The van der Waals surface area contributed by atoms with Gasteiger partial charge in [-0.25, -0.2) is 0 Å². The van der Waals surface area contributed by atoms with Crippen LogP contribution < -0.4 is 5.32 Å². The van der Waals surface area contributed by atoms with Gasteiger partial charge in [0.15, 0.2) is 0 Å². The van der Waals surface area contributed by atoms with E-state index in [1.165, 1.54) is 5.56 Å². The van der Waals surface area contributed by atoms with E-state index in [1.54, 1.807) is 0 Å². The lowest BCUT2D eigenvalue weighted by Gasteiger charge is -2.25. The summed E-state index contributed by atoms with van der Waals surface area (Å²) < 4.78 is 0. The summed E-state index contributed by atoms with van der Waals surface area (Å²) >= 11 is 0. The van der Waals surface area contributed by atoms with Crippen molar-refractivity contribution in [2.24, 2.45) is 11.8 Å². The number of benzene rings is 1. The van der Waals surface area contributed by atoms with Crippen LogP contribution in [0.4, 0.5) is 0 Å². The summed E-state index contributed by atoms with van der Waals surface area (Å²) in [6, 6.07) is 7.80. The van der Waals surface area contributed by atoms with Crippen molar-refractivity contribution in [1.82, 2.24) is 10.2 Å². The van der Waals surface area contributed by atoms with Crippen LogP contribution in [0.5, 0.6) is 0 Å². The monoisotopic (exact) mass is 392 g/mol. The van der Waals surface area contributed by atoms with Gasteiger partial charge in [-0.05, 0) is 55.3 Å². The van der Waals surface area contributed by atoms with Crippen molar-refractivity contribution in [3.63, 3.8) is 0 Å². The zero-order chi connectivity index (χ0) is 20.9. The van der Waals surface area contributed by atoms with E-state index in [4.69, 9.17) is 10.2 Å². The topological polar surface area (TPSA) is 89.9 Å². The van der Waals surface area contributed by atoms with Crippen molar-refractivity contribution < 1.29 is 19.8 Å². The highest BCUT2D eigenvalue weighted by Gasteiger charge is 2.16. The number of carboxylic acids is 2.